The van der Waals surface area contributed by atoms with E-state index in [-0.39, 0.29) is 36.9 Å². The second-order valence-electron chi connectivity index (χ2n) is 7.44. The van der Waals surface area contributed by atoms with E-state index in [1.54, 1.807) is 0 Å². The molecule has 8 nitrogen and oxygen atoms in total. The minimum atomic E-state index is -0.716. The molecule has 0 saturated carbocycles. The lowest BCUT2D eigenvalue weighted by molar-refractivity contribution is -0.125. The fourth-order valence-corrected chi connectivity index (χ4v) is 4.79. The number of imide groups is 2. The maximum absolute atomic E-state index is 12.1. The Hall–Kier alpha value is -1.42. The van der Waals surface area contributed by atoms with E-state index in [1.807, 2.05) is 27.7 Å². The standard InChI is InChI=1S/C22H40N2O6S2/c1-5-9-17(10-6-2)19(25)23-21(27)29-13-15-31-32-16-14-30-22(28)24-20(26)18(11-7-3)12-8-4/h17-18H,5-16H2,1-4H3,(H,23,25,27)(H,24,26,28). The van der Waals surface area contributed by atoms with Gasteiger partial charge in [-0.25, -0.2) is 9.59 Å². The third-order valence-electron chi connectivity index (χ3n) is 4.62. The van der Waals surface area contributed by atoms with E-state index in [2.05, 4.69) is 10.6 Å². The van der Waals surface area contributed by atoms with Gasteiger partial charge in [-0.05, 0) is 25.7 Å². The van der Waals surface area contributed by atoms with Crippen LogP contribution in [0.15, 0.2) is 0 Å². The van der Waals surface area contributed by atoms with Crippen molar-refractivity contribution in [2.45, 2.75) is 79.1 Å². The fourth-order valence-electron chi connectivity index (χ4n) is 3.14. The van der Waals surface area contributed by atoms with E-state index < -0.39 is 12.2 Å². The van der Waals surface area contributed by atoms with E-state index in [1.165, 1.54) is 21.6 Å². The molecule has 0 aromatic rings. The average Bonchev–Trinajstić information content (AvgIpc) is 2.75. The van der Waals surface area contributed by atoms with Crippen LogP contribution in [0.1, 0.15) is 79.1 Å². The molecule has 10 heteroatoms. The SMILES string of the molecule is CCCC(CCC)C(=O)NC(=O)OCCSSCCOC(=O)NC(=O)C(CCC)CCC. The van der Waals surface area contributed by atoms with Gasteiger partial charge in [0.15, 0.2) is 0 Å². The molecule has 0 aromatic carbocycles. The molecule has 0 radical (unpaired) electrons. The Morgan fingerprint density at radius 3 is 1.22 bits per heavy atom. The molecule has 0 aliphatic rings. The number of hydrogen-bond acceptors (Lipinski definition) is 8. The van der Waals surface area contributed by atoms with Gasteiger partial charge in [-0.15, -0.1) is 0 Å². The van der Waals surface area contributed by atoms with Crippen molar-refractivity contribution in [3.05, 3.63) is 0 Å². The van der Waals surface area contributed by atoms with Gasteiger partial charge in [0.1, 0.15) is 13.2 Å². The number of rotatable bonds is 17. The summed E-state index contributed by atoms with van der Waals surface area (Å²) in [5, 5.41) is 4.61. The van der Waals surface area contributed by atoms with Crippen LogP contribution in [0.3, 0.4) is 0 Å². The molecule has 186 valence electrons. The van der Waals surface area contributed by atoms with Crippen molar-refractivity contribution < 1.29 is 28.7 Å². The molecule has 0 fully saturated rings. The number of ether oxygens (including phenoxy) is 2. The zero-order valence-corrected chi connectivity index (χ0v) is 21.5. The first-order valence-electron chi connectivity index (χ1n) is 11.6. The normalized spacial score (nSPS) is 10.8. The predicted octanol–water partition coefficient (Wildman–Crippen LogP) is 5.31. The summed E-state index contributed by atoms with van der Waals surface area (Å²) in [5.74, 6) is 0.231. The molecule has 0 heterocycles. The quantitative estimate of drug-likeness (QED) is 0.208. The number of nitrogens with one attached hydrogen (secondary N) is 2. The van der Waals surface area contributed by atoms with Crippen molar-refractivity contribution in [3.63, 3.8) is 0 Å². The lowest BCUT2D eigenvalue weighted by atomic mass is 9.97. The molecule has 0 aliphatic heterocycles. The van der Waals surface area contributed by atoms with Gasteiger partial charge in [0.25, 0.3) is 0 Å². The van der Waals surface area contributed by atoms with Gasteiger partial charge in [-0.2, -0.15) is 0 Å². The maximum atomic E-state index is 12.1. The lowest BCUT2D eigenvalue weighted by Gasteiger charge is -2.14. The van der Waals surface area contributed by atoms with Crippen LogP contribution in [0, 0.1) is 11.8 Å². The molecular weight excluding hydrogens is 452 g/mol. The molecule has 0 bridgehead atoms. The Kier molecular flexibility index (Phi) is 19.3. The van der Waals surface area contributed by atoms with Gasteiger partial charge in [-0.3, -0.25) is 20.2 Å². The second-order valence-corrected chi connectivity index (χ2v) is 10.1. The predicted molar refractivity (Wildman–Crippen MR) is 131 cm³/mol. The molecule has 0 rings (SSSR count). The lowest BCUT2D eigenvalue weighted by Crippen LogP contribution is -2.36. The maximum Gasteiger partial charge on any atom is 0.413 e. The van der Waals surface area contributed by atoms with Gasteiger partial charge in [0, 0.05) is 23.3 Å². The fraction of sp³-hybridized carbons (Fsp3) is 0.818. The summed E-state index contributed by atoms with van der Waals surface area (Å²) in [7, 11) is 2.94. The molecule has 0 unspecified atom stereocenters. The Labute approximate surface area is 200 Å². The zero-order valence-electron chi connectivity index (χ0n) is 19.9. The van der Waals surface area contributed by atoms with Crippen molar-refractivity contribution in [1.82, 2.24) is 10.6 Å². The van der Waals surface area contributed by atoms with Crippen molar-refractivity contribution >= 4 is 45.6 Å². The van der Waals surface area contributed by atoms with Gasteiger partial charge in [-0.1, -0.05) is 75.0 Å². The first-order valence-corrected chi connectivity index (χ1v) is 14.1. The molecule has 0 aliphatic carbocycles. The summed E-state index contributed by atoms with van der Waals surface area (Å²) in [6.07, 6.45) is 5.15. The van der Waals surface area contributed by atoms with Crippen LogP contribution >= 0.6 is 21.6 Å². The summed E-state index contributed by atoms with van der Waals surface area (Å²) in [5.41, 5.74) is 0. The highest BCUT2D eigenvalue weighted by Crippen LogP contribution is 2.20. The highest BCUT2D eigenvalue weighted by Gasteiger charge is 2.20. The minimum Gasteiger partial charge on any atom is -0.448 e. The van der Waals surface area contributed by atoms with Gasteiger partial charge < -0.3 is 9.47 Å². The number of carbonyl (C=O) groups is 4. The van der Waals surface area contributed by atoms with Crippen LogP contribution in [0.25, 0.3) is 0 Å². The van der Waals surface area contributed by atoms with Crippen LogP contribution in [0.5, 0.6) is 0 Å². The molecular formula is C22H40N2O6S2. The minimum absolute atomic E-state index is 0.154. The Balaban J connectivity index is 3.84. The van der Waals surface area contributed by atoms with Gasteiger partial charge in [0.2, 0.25) is 11.8 Å². The van der Waals surface area contributed by atoms with Crippen LogP contribution < -0.4 is 10.6 Å². The molecule has 0 atom stereocenters. The third kappa shape index (κ3) is 15.4. The molecule has 0 aromatic heterocycles. The number of alkyl carbamates (subject to hydrolysis) is 2. The van der Waals surface area contributed by atoms with E-state index in [4.69, 9.17) is 9.47 Å². The molecule has 32 heavy (non-hydrogen) atoms. The van der Waals surface area contributed by atoms with Crippen molar-refractivity contribution in [3.8, 4) is 0 Å². The van der Waals surface area contributed by atoms with Crippen LogP contribution in [-0.2, 0) is 19.1 Å². The van der Waals surface area contributed by atoms with Crippen LogP contribution in [0.2, 0.25) is 0 Å². The van der Waals surface area contributed by atoms with Gasteiger partial charge in [0.05, 0.1) is 0 Å². The van der Waals surface area contributed by atoms with E-state index >= 15 is 0 Å². The van der Waals surface area contributed by atoms with Crippen molar-refractivity contribution in [1.29, 1.82) is 0 Å². The first-order chi connectivity index (χ1) is 15.4. The smallest absolute Gasteiger partial charge is 0.413 e. The van der Waals surface area contributed by atoms with Crippen LogP contribution in [-0.4, -0.2) is 48.7 Å². The summed E-state index contributed by atoms with van der Waals surface area (Å²) in [4.78, 5) is 47.6. The summed E-state index contributed by atoms with van der Waals surface area (Å²) in [6, 6.07) is 0. The summed E-state index contributed by atoms with van der Waals surface area (Å²) < 4.78 is 10.1. The summed E-state index contributed by atoms with van der Waals surface area (Å²) in [6.45, 7) is 8.39. The monoisotopic (exact) mass is 492 g/mol. The Morgan fingerprint density at radius 2 is 0.938 bits per heavy atom. The third-order valence-corrected chi connectivity index (χ3v) is 6.96. The molecule has 0 saturated heterocycles. The number of hydrogen-bond donors (Lipinski definition) is 2. The molecule has 0 spiro atoms. The Bertz CT molecular complexity index is 503. The largest absolute Gasteiger partial charge is 0.448 e. The highest BCUT2D eigenvalue weighted by molar-refractivity contribution is 8.76. The first kappa shape index (κ1) is 30.6. The Morgan fingerprint density at radius 1 is 0.625 bits per heavy atom. The van der Waals surface area contributed by atoms with E-state index in [0.717, 1.165) is 51.4 Å². The zero-order chi connectivity index (χ0) is 24.2. The van der Waals surface area contributed by atoms with Crippen LogP contribution in [0.4, 0.5) is 9.59 Å². The van der Waals surface area contributed by atoms with E-state index in [0.29, 0.717) is 11.5 Å². The number of carbonyl (C=O) groups excluding carboxylic acids is 4. The number of amides is 4. The average molecular weight is 493 g/mol. The van der Waals surface area contributed by atoms with Crippen molar-refractivity contribution in [2.24, 2.45) is 11.8 Å². The topological polar surface area (TPSA) is 111 Å². The molecule has 2 N–H and O–H groups in total. The van der Waals surface area contributed by atoms with Crippen molar-refractivity contribution in [2.75, 3.05) is 24.7 Å². The second kappa shape index (κ2) is 20.2. The molecule has 4 amide bonds. The van der Waals surface area contributed by atoms with E-state index in [9.17, 15) is 19.2 Å². The highest BCUT2D eigenvalue weighted by atomic mass is 33.1. The summed E-state index contributed by atoms with van der Waals surface area (Å²) >= 11 is 0. The van der Waals surface area contributed by atoms with Gasteiger partial charge >= 0.3 is 12.2 Å².